The molecule has 92 valence electrons. The van der Waals surface area contributed by atoms with Crippen LogP contribution in [0.3, 0.4) is 0 Å². The van der Waals surface area contributed by atoms with Crippen LogP contribution in [0.4, 0.5) is 0 Å². The monoisotopic (exact) mass is 241 g/mol. The molecule has 2 rings (SSSR count). The zero-order chi connectivity index (χ0) is 13.0. The van der Waals surface area contributed by atoms with E-state index >= 15 is 0 Å². The van der Waals surface area contributed by atoms with Crippen molar-refractivity contribution in [2.45, 2.75) is 0 Å². The van der Waals surface area contributed by atoms with Crippen molar-refractivity contribution in [3.05, 3.63) is 54.1 Å². The Labute approximate surface area is 106 Å². The normalized spacial score (nSPS) is 9.89. The fraction of sp³-hybridized carbons (Fsp3) is 0.133. The Kier molecular flexibility index (Phi) is 3.63. The third-order valence-corrected chi connectivity index (χ3v) is 2.77. The number of nitrogens with one attached hydrogen (secondary N) is 1. The average Bonchev–Trinajstić information content (AvgIpc) is 2.47. The molecule has 0 aliphatic heterocycles. The summed E-state index contributed by atoms with van der Waals surface area (Å²) in [5.41, 5.74) is 2.99. The van der Waals surface area contributed by atoms with Crippen molar-refractivity contribution in [1.82, 2.24) is 0 Å². The van der Waals surface area contributed by atoms with E-state index in [1.165, 1.54) is 7.11 Å². The summed E-state index contributed by atoms with van der Waals surface area (Å²) in [7, 11) is 3.15. The summed E-state index contributed by atoms with van der Waals surface area (Å²) in [6, 6.07) is 15.6. The molecule has 0 atom stereocenters. The first-order valence-electron chi connectivity index (χ1n) is 5.62. The van der Waals surface area contributed by atoms with Crippen molar-refractivity contribution in [2.75, 3.05) is 14.2 Å². The molecular formula is C15H15NO2. The van der Waals surface area contributed by atoms with Gasteiger partial charge in [-0.2, -0.15) is 0 Å². The van der Waals surface area contributed by atoms with Gasteiger partial charge in [0.15, 0.2) is 0 Å². The van der Waals surface area contributed by atoms with E-state index in [1.807, 2.05) is 48.5 Å². The predicted molar refractivity (Wildman–Crippen MR) is 72.3 cm³/mol. The molecule has 0 radical (unpaired) electrons. The van der Waals surface area contributed by atoms with Gasteiger partial charge in [-0.05, 0) is 35.4 Å². The Morgan fingerprint density at radius 3 is 1.78 bits per heavy atom. The molecular weight excluding hydrogens is 226 g/mol. The number of hydrogen-bond donors (Lipinski definition) is 1. The molecule has 0 aliphatic rings. The maximum absolute atomic E-state index is 7.57. The standard InChI is InChI=1S/C15H15NO2/c1-17-14-9-7-12(8-10-14)11-3-5-13(6-4-11)15(16)18-2/h3-10,16H,1-2H3. The lowest BCUT2D eigenvalue weighted by Crippen LogP contribution is -2.00. The van der Waals surface area contributed by atoms with E-state index in [-0.39, 0.29) is 5.90 Å². The Bertz CT molecular complexity index is 529. The van der Waals surface area contributed by atoms with Crippen molar-refractivity contribution in [3.8, 4) is 16.9 Å². The smallest absolute Gasteiger partial charge is 0.212 e. The molecule has 0 unspecified atom stereocenters. The molecule has 2 aromatic carbocycles. The van der Waals surface area contributed by atoms with Crippen molar-refractivity contribution in [3.63, 3.8) is 0 Å². The number of hydrogen-bond acceptors (Lipinski definition) is 3. The third kappa shape index (κ3) is 2.51. The zero-order valence-electron chi connectivity index (χ0n) is 10.4. The average molecular weight is 241 g/mol. The highest BCUT2D eigenvalue weighted by molar-refractivity contribution is 5.92. The maximum Gasteiger partial charge on any atom is 0.212 e. The van der Waals surface area contributed by atoms with Gasteiger partial charge in [0, 0.05) is 5.56 Å². The molecule has 0 saturated carbocycles. The van der Waals surface area contributed by atoms with Crippen LogP contribution in [-0.4, -0.2) is 20.1 Å². The first-order chi connectivity index (χ1) is 8.74. The largest absolute Gasteiger partial charge is 0.497 e. The van der Waals surface area contributed by atoms with Crippen LogP contribution in [0.2, 0.25) is 0 Å². The minimum Gasteiger partial charge on any atom is -0.497 e. The maximum atomic E-state index is 7.57. The molecule has 1 N–H and O–H groups in total. The van der Waals surface area contributed by atoms with Gasteiger partial charge in [-0.3, -0.25) is 5.41 Å². The Morgan fingerprint density at radius 1 is 0.833 bits per heavy atom. The van der Waals surface area contributed by atoms with Crippen molar-refractivity contribution >= 4 is 5.90 Å². The molecule has 0 amide bonds. The number of methoxy groups -OCH3 is 2. The molecule has 0 fully saturated rings. The van der Waals surface area contributed by atoms with Crippen LogP contribution < -0.4 is 4.74 Å². The molecule has 0 spiro atoms. The van der Waals surface area contributed by atoms with E-state index in [1.54, 1.807) is 7.11 Å². The molecule has 0 bridgehead atoms. The van der Waals surface area contributed by atoms with E-state index in [0.29, 0.717) is 0 Å². The van der Waals surface area contributed by atoms with E-state index < -0.39 is 0 Å². The van der Waals surface area contributed by atoms with Gasteiger partial charge >= 0.3 is 0 Å². The first kappa shape index (κ1) is 12.2. The van der Waals surface area contributed by atoms with Gasteiger partial charge in [0.2, 0.25) is 5.90 Å². The summed E-state index contributed by atoms with van der Waals surface area (Å²) in [6.45, 7) is 0. The van der Waals surface area contributed by atoms with Crippen LogP contribution in [0.15, 0.2) is 48.5 Å². The Hall–Kier alpha value is -2.29. The van der Waals surface area contributed by atoms with Crippen LogP contribution in [0.25, 0.3) is 11.1 Å². The van der Waals surface area contributed by atoms with Crippen LogP contribution in [0.5, 0.6) is 5.75 Å². The molecule has 0 aromatic heterocycles. The zero-order valence-corrected chi connectivity index (χ0v) is 10.4. The molecule has 18 heavy (non-hydrogen) atoms. The fourth-order valence-corrected chi connectivity index (χ4v) is 1.72. The summed E-state index contributed by atoms with van der Waals surface area (Å²) in [5, 5.41) is 7.57. The highest BCUT2D eigenvalue weighted by Gasteiger charge is 2.02. The van der Waals surface area contributed by atoms with Crippen LogP contribution in [-0.2, 0) is 4.74 Å². The van der Waals surface area contributed by atoms with Gasteiger partial charge in [0.05, 0.1) is 14.2 Å². The summed E-state index contributed by atoms with van der Waals surface area (Å²) in [6.07, 6.45) is 0. The van der Waals surface area contributed by atoms with Crippen molar-refractivity contribution < 1.29 is 9.47 Å². The number of rotatable bonds is 3. The van der Waals surface area contributed by atoms with Gasteiger partial charge in [-0.15, -0.1) is 0 Å². The SMILES string of the molecule is COC(=N)c1ccc(-c2ccc(OC)cc2)cc1. The van der Waals surface area contributed by atoms with E-state index in [2.05, 4.69) is 0 Å². The summed E-state index contributed by atoms with van der Waals surface area (Å²) in [5.74, 6) is 1.02. The summed E-state index contributed by atoms with van der Waals surface area (Å²) in [4.78, 5) is 0. The summed E-state index contributed by atoms with van der Waals surface area (Å²) < 4.78 is 10.0. The predicted octanol–water partition coefficient (Wildman–Crippen LogP) is 3.33. The minimum absolute atomic E-state index is 0.177. The van der Waals surface area contributed by atoms with Crippen LogP contribution in [0, 0.1) is 5.41 Å². The second-order valence-electron chi connectivity index (χ2n) is 3.84. The summed E-state index contributed by atoms with van der Waals surface area (Å²) >= 11 is 0. The fourth-order valence-electron chi connectivity index (χ4n) is 1.72. The van der Waals surface area contributed by atoms with Gasteiger partial charge in [0.25, 0.3) is 0 Å². The lowest BCUT2D eigenvalue weighted by Gasteiger charge is -2.06. The Balaban J connectivity index is 2.25. The van der Waals surface area contributed by atoms with Crippen molar-refractivity contribution in [2.24, 2.45) is 0 Å². The molecule has 0 heterocycles. The topological polar surface area (TPSA) is 42.3 Å². The van der Waals surface area contributed by atoms with Gasteiger partial charge in [0.1, 0.15) is 5.75 Å². The van der Waals surface area contributed by atoms with Gasteiger partial charge < -0.3 is 9.47 Å². The number of ether oxygens (including phenoxy) is 2. The van der Waals surface area contributed by atoms with E-state index in [4.69, 9.17) is 14.9 Å². The minimum atomic E-state index is 0.177. The first-order valence-corrected chi connectivity index (χ1v) is 5.62. The van der Waals surface area contributed by atoms with Gasteiger partial charge in [-0.25, -0.2) is 0 Å². The lowest BCUT2D eigenvalue weighted by atomic mass is 10.0. The number of benzene rings is 2. The van der Waals surface area contributed by atoms with E-state index in [9.17, 15) is 0 Å². The highest BCUT2D eigenvalue weighted by atomic mass is 16.5. The quantitative estimate of drug-likeness (QED) is 0.661. The van der Waals surface area contributed by atoms with Crippen molar-refractivity contribution in [1.29, 1.82) is 5.41 Å². The Morgan fingerprint density at radius 2 is 1.33 bits per heavy atom. The van der Waals surface area contributed by atoms with E-state index in [0.717, 1.165) is 22.4 Å². The molecule has 3 nitrogen and oxygen atoms in total. The van der Waals surface area contributed by atoms with Crippen LogP contribution in [0.1, 0.15) is 5.56 Å². The van der Waals surface area contributed by atoms with Gasteiger partial charge in [-0.1, -0.05) is 24.3 Å². The second-order valence-corrected chi connectivity index (χ2v) is 3.84. The molecule has 0 aliphatic carbocycles. The lowest BCUT2D eigenvalue weighted by molar-refractivity contribution is 0.401. The highest BCUT2D eigenvalue weighted by Crippen LogP contribution is 2.22. The second kappa shape index (κ2) is 5.36. The third-order valence-electron chi connectivity index (χ3n) is 2.77. The van der Waals surface area contributed by atoms with Crippen LogP contribution >= 0.6 is 0 Å². The molecule has 0 saturated heterocycles. The molecule has 3 heteroatoms. The molecule has 2 aromatic rings.